The number of hydrogen-bond acceptors (Lipinski definition) is 2. The Hall–Kier alpha value is -1.02. The van der Waals surface area contributed by atoms with Crippen LogP contribution in [0.5, 0.6) is 0 Å². The standard InChI is InChI=1S/C13H20N2/c1-3-15(4-2)11-7-5-10(6-8-11)12-9-13(12)14/h5-8,12-13H,3-4,9,14H2,1-2H3/t12-,13+/m1/s1. The molecule has 1 aromatic rings. The Morgan fingerprint density at radius 2 is 1.73 bits per heavy atom. The molecule has 0 bridgehead atoms. The number of rotatable bonds is 4. The maximum Gasteiger partial charge on any atom is 0.0366 e. The van der Waals surface area contributed by atoms with Crippen LogP contribution in [0, 0.1) is 0 Å². The molecule has 0 saturated heterocycles. The van der Waals surface area contributed by atoms with Crippen molar-refractivity contribution in [3.63, 3.8) is 0 Å². The summed E-state index contributed by atoms with van der Waals surface area (Å²) in [6.07, 6.45) is 1.16. The maximum atomic E-state index is 5.84. The van der Waals surface area contributed by atoms with Crippen LogP contribution in [0.2, 0.25) is 0 Å². The molecule has 1 fully saturated rings. The Balaban J connectivity index is 2.09. The molecule has 2 rings (SSSR count). The van der Waals surface area contributed by atoms with Gasteiger partial charge in [-0.2, -0.15) is 0 Å². The first-order valence-corrected chi connectivity index (χ1v) is 5.86. The number of hydrogen-bond donors (Lipinski definition) is 1. The van der Waals surface area contributed by atoms with Crippen LogP contribution in [0.15, 0.2) is 24.3 Å². The molecule has 1 saturated carbocycles. The lowest BCUT2D eigenvalue weighted by atomic mass is 10.1. The van der Waals surface area contributed by atoms with E-state index in [1.165, 1.54) is 11.3 Å². The predicted molar refractivity (Wildman–Crippen MR) is 65.3 cm³/mol. The molecule has 2 N–H and O–H groups in total. The highest BCUT2D eigenvalue weighted by molar-refractivity contribution is 5.48. The zero-order chi connectivity index (χ0) is 10.8. The Kier molecular flexibility index (Phi) is 2.96. The van der Waals surface area contributed by atoms with E-state index in [2.05, 4.69) is 43.0 Å². The van der Waals surface area contributed by atoms with Crippen LogP contribution in [0.4, 0.5) is 5.69 Å². The summed E-state index contributed by atoms with van der Waals surface area (Å²) in [6, 6.07) is 9.29. The van der Waals surface area contributed by atoms with Crippen LogP contribution >= 0.6 is 0 Å². The van der Waals surface area contributed by atoms with Gasteiger partial charge in [0.15, 0.2) is 0 Å². The van der Waals surface area contributed by atoms with Crippen LogP contribution in [-0.2, 0) is 0 Å². The van der Waals surface area contributed by atoms with E-state index in [0.717, 1.165) is 19.5 Å². The topological polar surface area (TPSA) is 29.3 Å². The van der Waals surface area contributed by atoms with E-state index in [4.69, 9.17) is 5.73 Å². The van der Waals surface area contributed by atoms with Crippen LogP contribution in [0.25, 0.3) is 0 Å². The molecule has 0 aliphatic heterocycles. The van der Waals surface area contributed by atoms with Gasteiger partial charge in [0.2, 0.25) is 0 Å². The Labute approximate surface area is 92.1 Å². The highest BCUT2D eigenvalue weighted by Crippen LogP contribution is 2.39. The molecule has 82 valence electrons. The quantitative estimate of drug-likeness (QED) is 0.815. The van der Waals surface area contributed by atoms with E-state index in [1.54, 1.807) is 0 Å². The van der Waals surface area contributed by atoms with Crippen molar-refractivity contribution >= 4 is 5.69 Å². The average Bonchev–Trinajstić information content (AvgIpc) is 2.98. The minimum atomic E-state index is 0.407. The Morgan fingerprint density at radius 1 is 1.20 bits per heavy atom. The van der Waals surface area contributed by atoms with Crippen LogP contribution in [-0.4, -0.2) is 19.1 Å². The molecule has 0 unspecified atom stereocenters. The molecule has 0 aromatic heterocycles. The fourth-order valence-electron chi connectivity index (χ4n) is 2.12. The molecule has 2 heteroatoms. The lowest BCUT2D eigenvalue weighted by molar-refractivity contribution is 0.865. The molecular formula is C13H20N2. The molecule has 15 heavy (non-hydrogen) atoms. The molecule has 1 aromatic carbocycles. The molecule has 2 nitrogen and oxygen atoms in total. The maximum absolute atomic E-state index is 5.84. The van der Waals surface area contributed by atoms with Gasteiger partial charge < -0.3 is 10.6 Å². The summed E-state index contributed by atoms with van der Waals surface area (Å²) >= 11 is 0. The summed E-state index contributed by atoms with van der Waals surface area (Å²) < 4.78 is 0. The van der Waals surface area contributed by atoms with Gasteiger partial charge in [-0.3, -0.25) is 0 Å². The average molecular weight is 204 g/mol. The Bertz CT molecular complexity index is 314. The number of benzene rings is 1. The van der Waals surface area contributed by atoms with Crippen LogP contribution < -0.4 is 10.6 Å². The van der Waals surface area contributed by atoms with E-state index in [0.29, 0.717) is 12.0 Å². The third-order valence-electron chi connectivity index (χ3n) is 3.29. The first-order chi connectivity index (χ1) is 7.26. The SMILES string of the molecule is CCN(CC)c1ccc([C@H]2C[C@@H]2N)cc1. The minimum absolute atomic E-state index is 0.407. The lowest BCUT2D eigenvalue weighted by Gasteiger charge is -2.21. The van der Waals surface area contributed by atoms with Crippen molar-refractivity contribution in [3.05, 3.63) is 29.8 Å². The minimum Gasteiger partial charge on any atom is -0.372 e. The number of nitrogens with two attached hydrogens (primary N) is 1. The first kappa shape index (κ1) is 10.5. The first-order valence-electron chi connectivity index (χ1n) is 5.86. The highest BCUT2D eigenvalue weighted by Gasteiger charge is 2.34. The second-order valence-electron chi connectivity index (χ2n) is 4.27. The van der Waals surface area contributed by atoms with Crippen molar-refractivity contribution in [3.8, 4) is 0 Å². The zero-order valence-corrected chi connectivity index (χ0v) is 9.61. The molecule has 2 atom stereocenters. The van der Waals surface area contributed by atoms with Gasteiger partial charge in [-0.15, -0.1) is 0 Å². The predicted octanol–water partition coefficient (Wildman–Crippen LogP) is 2.35. The number of nitrogens with zero attached hydrogens (tertiary/aromatic N) is 1. The van der Waals surface area contributed by atoms with Gasteiger partial charge in [0, 0.05) is 30.7 Å². The van der Waals surface area contributed by atoms with Gasteiger partial charge in [0.1, 0.15) is 0 Å². The fourth-order valence-corrected chi connectivity index (χ4v) is 2.12. The van der Waals surface area contributed by atoms with E-state index in [1.807, 2.05) is 0 Å². The van der Waals surface area contributed by atoms with Crippen molar-refractivity contribution in [1.29, 1.82) is 0 Å². The molecular weight excluding hydrogens is 184 g/mol. The van der Waals surface area contributed by atoms with E-state index >= 15 is 0 Å². The fraction of sp³-hybridized carbons (Fsp3) is 0.538. The highest BCUT2D eigenvalue weighted by atomic mass is 15.1. The van der Waals surface area contributed by atoms with Crippen molar-refractivity contribution < 1.29 is 0 Å². The largest absolute Gasteiger partial charge is 0.372 e. The van der Waals surface area contributed by atoms with Crippen molar-refractivity contribution in [2.24, 2.45) is 5.73 Å². The van der Waals surface area contributed by atoms with Crippen molar-refractivity contribution in [2.75, 3.05) is 18.0 Å². The molecule has 0 heterocycles. The molecule has 1 aliphatic rings. The summed E-state index contributed by atoms with van der Waals surface area (Å²) in [5, 5.41) is 0. The third-order valence-corrected chi connectivity index (χ3v) is 3.29. The molecule has 0 amide bonds. The van der Waals surface area contributed by atoms with Crippen molar-refractivity contribution in [2.45, 2.75) is 32.2 Å². The summed E-state index contributed by atoms with van der Waals surface area (Å²) in [5.74, 6) is 0.621. The van der Waals surface area contributed by atoms with Gasteiger partial charge in [0.25, 0.3) is 0 Å². The van der Waals surface area contributed by atoms with Crippen molar-refractivity contribution in [1.82, 2.24) is 0 Å². The summed E-state index contributed by atoms with van der Waals surface area (Å²) in [6.45, 7) is 6.51. The van der Waals surface area contributed by atoms with Crippen LogP contribution in [0.3, 0.4) is 0 Å². The van der Waals surface area contributed by atoms with Gasteiger partial charge >= 0.3 is 0 Å². The van der Waals surface area contributed by atoms with Gasteiger partial charge in [-0.25, -0.2) is 0 Å². The smallest absolute Gasteiger partial charge is 0.0366 e. The summed E-state index contributed by atoms with van der Waals surface area (Å²) in [5.41, 5.74) is 8.56. The Morgan fingerprint density at radius 3 is 2.13 bits per heavy atom. The van der Waals surface area contributed by atoms with Crippen LogP contribution in [0.1, 0.15) is 31.7 Å². The number of anilines is 1. The van der Waals surface area contributed by atoms with Gasteiger partial charge in [0.05, 0.1) is 0 Å². The monoisotopic (exact) mass is 204 g/mol. The zero-order valence-electron chi connectivity index (χ0n) is 9.61. The van der Waals surface area contributed by atoms with E-state index < -0.39 is 0 Å². The molecule has 1 aliphatic carbocycles. The normalized spacial score (nSPS) is 23.9. The van der Waals surface area contributed by atoms with E-state index in [-0.39, 0.29) is 0 Å². The van der Waals surface area contributed by atoms with Gasteiger partial charge in [-0.1, -0.05) is 12.1 Å². The van der Waals surface area contributed by atoms with Gasteiger partial charge in [-0.05, 0) is 38.0 Å². The van der Waals surface area contributed by atoms with E-state index in [9.17, 15) is 0 Å². The second-order valence-corrected chi connectivity index (χ2v) is 4.27. The molecule has 0 spiro atoms. The summed E-state index contributed by atoms with van der Waals surface area (Å²) in [4.78, 5) is 2.36. The molecule has 0 radical (unpaired) electrons. The lowest BCUT2D eigenvalue weighted by Crippen LogP contribution is -2.21. The summed E-state index contributed by atoms with van der Waals surface area (Å²) in [7, 11) is 0. The third kappa shape index (κ3) is 2.15. The second kappa shape index (κ2) is 4.23.